The molecule has 2 heterocycles. The summed E-state index contributed by atoms with van der Waals surface area (Å²) in [5, 5.41) is 8.62. The summed E-state index contributed by atoms with van der Waals surface area (Å²) in [5.41, 5.74) is -0.135. The fourth-order valence-electron chi connectivity index (χ4n) is 1.71. The highest BCUT2D eigenvalue weighted by Gasteiger charge is 2.31. The number of hydrogen-bond donors (Lipinski definition) is 2. The normalized spacial score (nSPS) is 25.5. The molecule has 0 saturated carbocycles. The highest BCUT2D eigenvalue weighted by Crippen LogP contribution is 2.23. The van der Waals surface area contributed by atoms with Crippen LogP contribution in [0.25, 0.3) is 0 Å². The minimum Gasteiger partial charge on any atom is -0.345 e. The van der Waals surface area contributed by atoms with E-state index in [0.29, 0.717) is 9.90 Å². The summed E-state index contributed by atoms with van der Waals surface area (Å²) < 4.78 is 0. The Balaban J connectivity index is 2.07. The Morgan fingerprint density at radius 1 is 1.73 bits per heavy atom. The Labute approximate surface area is 97.8 Å². The molecule has 1 atom stereocenters. The monoisotopic (exact) mass is 244 g/mol. The first kappa shape index (κ1) is 10.9. The van der Waals surface area contributed by atoms with Crippen molar-refractivity contribution in [1.82, 2.24) is 10.6 Å². The van der Waals surface area contributed by atoms with Crippen molar-refractivity contribution < 1.29 is 4.79 Å². The van der Waals surface area contributed by atoms with Crippen LogP contribution in [-0.4, -0.2) is 24.5 Å². The third-order valence-electron chi connectivity index (χ3n) is 2.61. The average molecular weight is 245 g/mol. The smallest absolute Gasteiger partial charge is 0.263 e. The molecule has 0 aliphatic carbocycles. The first-order valence-corrected chi connectivity index (χ1v) is 6.13. The molecule has 2 rings (SSSR count). The number of hydrogen-bond acceptors (Lipinski definition) is 3. The van der Waals surface area contributed by atoms with Crippen molar-refractivity contribution >= 4 is 28.8 Å². The van der Waals surface area contributed by atoms with Crippen molar-refractivity contribution in [2.75, 3.05) is 13.1 Å². The highest BCUT2D eigenvalue weighted by molar-refractivity contribution is 7.12. The second-order valence-electron chi connectivity index (χ2n) is 4.04. The van der Waals surface area contributed by atoms with Gasteiger partial charge in [0.05, 0.1) is 10.6 Å². The Kier molecular flexibility index (Phi) is 3.00. The van der Waals surface area contributed by atoms with Gasteiger partial charge in [0.1, 0.15) is 4.88 Å². The largest absolute Gasteiger partial charge is 0.345 e. The molecule has 2 N–H and O–H groups in total. The van der Waals surface area contributed by atoms with Crippen LogP contribution in [0.15, 0.2) is 11.4 Å². The van der Waals surface area contributed by atoms with Crippen LogP contribution in [0.5, 0.6) is 0 Å². The quantitative estimate of drug-likeness (QED) is 0.834. The zero-order valence-electron chi connectivity index (χ0n) is 8.47. The van der Waals surface area contributed by atoms with Gasteiger partial charge in [-0.25, -0.2) is 0 Å². The van der Waals surface area contributed by atoms with E-state index >= 15 is 0 Å². The lowest BCUT2D eigenvalue weighted by atomic mass is 10.0. The number of halogens is 1. The molecule has 1 aliphatic heterocycles. The Morgan fingerprint density at radius 2 is 2.53 bits per heavy atom. The topological polar surface area (TPSA) is 41.1 Å². The van der Waals surface area contributed by atoms with Gasteiger partial charge in [-0.1, -0.05) is 11.6 Å². The molecular weight excluding hydrogens is 232 g/mol. The van der Waals surface area contributed by atoms with Crippen LogP contribution in [0.1, 0.15) is 23.0 Å². The summed E-state index contributed by atoms with van der Waals surface area (Å²) in [4.78, 5) is 12.5. The van der Waals surface area contributed by atoms with Crippen molar-refractivity contribution in [3.8, 4) is 0 Å². The van der Waals surface area contributed by atoms with Gasteiger partial charge in [-0.3, -0.25) is 4.79 Å². The predicted molar refractivity (Wildman–Crippen MR) is 62.7 cm³/mol. The molecule has 1 amide bonds. The molecule has 1 aliphatic rings. The third kappa shape index (κ3) is 2.33. The van der Waals surface area contributed by atoms with Crippen LogP contribution >= 0.6 is 22.9 Å². The summed E-state index contributed by atoms with van der Waals surface area (Å²) in [6.07, 6.45) is 0.960. The SMILES string of the molecule is CC1(NC(=O)c2sccc2Cl)CCNC1. The predicted octanol–water partition coefficient (Wildman–Crippen LogP) is 1.88. The van der Waals surface area contributed by atoms with Crippen LogP contribution in [0.2, 0.25) is 5.02 Å². The zero-order chi connectivity index (χ0) is 10.9. The van der Waals surface area contributed by atoms with Crippen LogP contribution in [0.3, 0.4) is 0 Å². The van der Waals surface area contributed by atoms with Crippen LogP contribution in [-0.2, 0) is 0 Å². The first-order valence-electron chi connectivity index (χ1n) is 4.87. The van der Waals surface area contributed by atoms with Gasteiger partial charge in [-0.15, -0.1) is 11.3 Å². The van der Waals surface area contributed by atoms with Gasteiger partial charge < -0.3 is 10.6 Å². The standard InChI is InChI=1S/C10H13ClN2OS/c1-10(3-4-12-6-10)13-9(14)8-7(11)2-5-15-8/h2,5,12H,3-4,6H2,1H3,(H,13,14). The first-order chi connectivity index (χ1) is 7.11. The van der Waals surface area contributed by atoms with E-state index in [4.69, 9.17) is 11.6 Å². The Bertz CT molecular complexity index is 371. The zero-order valence-corrected chi connectivity index (χ0v) is 10.0. The Hall–Kier alpha value is -0.580. The minimum atomic E-state index is -0.135. The number of rotatable bonds is 2. The van der Waals surface area contributed by atoms with Crippen LogP contribution < -0.4 is 10.6 Å². The number of carbonyl (C=O) groups excluding carboxylic acids is 1. The van der Waals surface area contributed by atoms with Gasteiger partial charge in [0.2, 0.25) is 0 Å². The molecule has 1 unspecified atom stereocenters. The summed E-state index contributed by atoms with van der Waals surface area (Å²) in [6.45, 7) is 3.82. The maximum atomic E-state index is 11.9. The van der Waals surface area contributed by atoms with Gasteiger partial charge in [0.15, 0.2) is 0 Å². The summed E-state index contributed by atoms with van der Waals surface area (Å²) >= 11 is 7.27. The van der Waals surface area contributed by atoms with E-state index in [-0.39, 0.29) is 11.4 Å². The van der Waals surface area contributed by atoms with Crippen molar-refractivity contribution in [1.29, 1.82) is 0 Å². The molecule has 3 nitrogen and oxygen atoms in total. The highest BCUT2D eigenvalue weighted by atomic mass is 35.5. The molecule has 0 radical (unpaired) electrons. The molecule has 82 valence electrons. The van der Waals surface area contributed by atoms with E-state index in [1.165, 1.54) is 11.3 Å². The van der Waals surface area contributed by atoms with Gasteiger partial charge >= 0.3 is 0 Å². The molecule has 1 aromatic rings. The molecule has 0 bridgehead atoms. The molecule has 1 aromatic heterocycles. The van der Waals surface area contributed by atoms with Crippen molar-refractivity contribution in [3.05, 3.63) is 21.3 Å². The maximum Gasteiger partial charge on any atom is 0.263 e. The minimum absolute atomic E-state index is 0.0683. The molecule has 15 heavy (non-hydrogen) atoms. The second-order valence-corrected chi connectivity index (χ2v) is 5.36. The lowest BCUT2D eigenvalue weighted by Gasteiger charge is -2.24. The lowest BCUT2D eigenvalue weighted by Crippen LogP contribution is -2.47. The van der Waals surface area contributed by atoms with Crippen molar-refractivity contribution in [2.24, 2.45) is 0 Å². The molecule has 5 heteroatoms. The fourth-order valence-corrected chi connectivity index (χ4v) is 2.75. The van der Waals surface area contributed by atoms with Crippen LogP contribution in [0.4, 0.5) is 0 Å². The van der Waals surface area contributed by atoms with Crippen LogP contribution in [0, 0.1) is 0 Å². The van der Waals surface area contributed by atoms with E-state index in [2.05, 4.69) is 10.6 Å². The molecule has 0 spiro atoms. The lowest BCUT2D eigenvalue weighted by molar-refractivity contribution is 0.0917. The summed E-state index contributed by atoms with van der Waals surface area (Å²) in [7, 11) is 0. The molecule has 1 saturated heterocycles. The van der Waals surface area contributed by atoms with Gasteiger partial charge in [0.25, 0.3) is 5.91 Å². The van der Waals surface area contributed by atoms with E-state index in [1.807, 2.05) is 12.3 Å². The molecular formula is C10H13ClN2OS. The fraction of sp³-hybridized carbons (Fsp3) is 0.500. The van der Waals surface area contributed by atoms with E-state index in [1.54, 1.807) is 6.07 Å². The van der Waals surface area contributed by atoms with Gasteiger partial charge in [-0.2, -0.15) is 0 Å². The number of thiophene rings is 1. The number of carbonyl (C=O) groups is 1. The third-order valence-corrected chi connectivity index (χ3v) is 3.95. The molecule has 1 fully saturated rings. The Morgan fingerprint density at radius 3 is 3.07 bits per heavy atom. The maximum absolute atomic E-state index is 11.9. The number of nitrogens with one attached hydrogen (secondary N) is 2. The average Bonchev–Trinajstić information content (AvgIpc) is 2.74. The van der Waals surface area contributed by atoms with Crippen molar-refractivity contribution in [2.45, 2.75) is 18.9 Å². The van der Waals surface area contributed by atoms with Crippen molar-refractivity contribution in [3.63, 3.8) is 0 Å². The summed E-state index contributed by atoms with van der Waals surface area (Å²) in [5.74, 6) is -0.0683. The van der Waals surface area contributed by atoms with E-state index in [0.717, 1.165) is 19.5 Å². The van der Waals surface area contributed by atoms with Gasteiger partial charge in [-0.05, 0) is 31.3 Å². The number of amides is 1. The molecule has 0 aromatic carbocycles. The summed E-state index contributed by atoms with van der Waals surface area (Å²) in [6, 6.07) is 1.75. The van der Waals surface area contributed by atoms with E-state index < -0.39 is 0 Å². The second kappa shape index (κ2) is 4.12. The van der Waals surface area contributed by atoms with E-state index in [9.17, 15) is 4.79 Å². The van der Waals surface area contributed by atoms with Gasteiger partial charge in [0, 0.05) is 6.54 Å².